The first-order valence-corrected chi connectivity index (χ1v) is 7.93. The van der Waals surface area contributed by atoms with Crippen molar-refractivity contribution in [2.45, 2.75) is 18.2 Å². The molecule has 0 bridgehead atoms. The van der Waals surface area contributed by atoms with Gasteiger partial charge in [-0.25, -0.2) is 19.2 Å². The van der Waals surface area contributed by atoms with E-state index in [0.29, 0.717) is 11.5 Å². The van der Waals surface area contributed by atoms with Gasteiger partial charge in [-0.3, -0.25) is 4.31 Å². The molecule has 0 aliphatic carbocycles. The summed E-state index contributed by atoms with van der Waals surface area (Å²) >= 11 is 0. The van der Waals surface area contributed by atoms with E-state index in [0.717, 1.165) is 12.0 Å². The number of anilines is 2. The molecule has 1 aromatic carbocycles. The van der Waals surface area contributed by atoms with Gasteiger partial charge in [-0.15, -0.1) is 0 Å². The van der Waals surface area contributed by atoms with E-state index in [4.69, 9.17) is 5.84 Å². The lowest BCUT2D eigenvalue weighted by Gasteiger charge is -2.20. The molecule has 0 atom stereocenters. The number of benzene rings is 1. The molecular formula is C14H18N4O2S. The Labute approximate surface area is 124 Å². The molecule has 0 amide bonds. The van der Waals surface area contributed by atoms with Gasteiger partial charge < -0.3 is 5.43 Å². The molecule has 0 saturated heterocycles. The highest BCUT2D eigenvalue weighted by molar-refractivity contribution is 7.92. The molecule has 2 rings (SSSR count). The van der Waals surface area contributed by atoms with Crippen LogP contribution in [0.15, 0.2) is 47.5 Å². The highest BCUT2D eigenvalue weighted by Crippen LogP contribution is 2.23. The zero-order valence-corrected chi connectivity index (χ0v) is 12.8. The van der Waals surface area contributed by atoms with Crippen LogP contribution in [0.4, 0.5) is 11.5 Å². The largest absolute Gasteiger partial charge is 0.308 e. The standard InChI is InChI=1S/C14H18N4O2S/c1-3-11-4-6-12(7-5-11)18(2)21(19,20)13-8-9-16-14(10-13)17-15/h4-10H,3,15H2,1-2H3,(H,16,17). The Morgan fingerprint density at radius 1 is 1.24 bits per heavy atom. The number of hydrogen-bond acceptors (Lipinski definition) is 5. The van der Waals surface area contributed by atoms with E-state index in [-0.39, 0.29) is 4.90 Å². The Hall–Kier alpha value is -2.12. The number of sulfonamides is 1. The molecule has 3 N–H and O–H groups in total. The summed E-state index contributed by atoms with van der Waals surface area (Å²) in [6.45, 7) is 2.05. The molecule has 0 spiro atoms. The molecule has 6 nitrogen and oxygen atoms in total. The van der Waals surface area contributed by atoms with Gasteiger partial charge in [-0.2, -0.15) is 0 Å². The number of nitrogens with two attached hydrogens (primary N) is 1. The van der Waals surface area contributed by atoms with Gasteiger partial charge in [0.1, 0.15) is 5.82 Å². The first-order valence-electron chi connectivity index (χ1n) is 6.49. The second-order valence-corrected chi connectivity index (χ2v) is 6.48. The van der Waals surface area contributed by atoms with Crippen LogP contribution in [0.5, 0.6) is 0 Å². The van der Waals surface area contributed by atoms with Gasteiger partial charge in [-0.1, -0.05) is 19.1 Å². The van der Waals surface area contributed by atoms with Crippen molar-refractivity contribution >= 4 is 21.5 Å². The number of nitrogens with zero attached hydrogens (tertiary/aromatic N) is 2. The van der Waals surface area contributed by atoms with Gasteiger partial charge in [0, 0.05) is 19.3 Å². The molecule has 0 radical (unpaired) electrons. The van der Waals surface area contributed by atoms with Crippen LogP contribution >= 0.6 is 0 Å². The first-order chi connectivity index (χ1) is 9.98. The van der Waals surface area contributed by atoms with Crippen molar-refractivity contribution in [1.82, 2.24) is 4.98 Å². The van der Waals surface area contributed by atoms with Crippen LogP contribution in [0.3, 0.4) is 0 Å². The molecule has 112 valence electrons. The van der Waals surface area contributed by atoms with Crippen LogP contribution in [0.1, 0.15) is 12.5 Å². The third kappa shape index (κ3) is 3.14. The topological polar surface area (TPSA) is 88.3 Å². The molecule has 0 unspecified atom stereocenters. The van der Waals surface area contributed by atoms with Gasteiger partial charge in [0.15, 0.2) is 0 Å². The number of aromatic nitrogens is 1. The summed E-state index contributed by atoms with van der Waals surface area (Å²) in [6, 6.07) is 10.3. The fraction of sp³-hybridized carbons (Fsp3) is 0.214. The third-order valence-corrected chi connectivity index (χ3v) is 5.03. The highest BCUT2D eigenvalue weighted by Gasteiger charge is 2.21. The van der Waals surface area contributed by atoms with Crippen molar-refractivity contribution in [3.05, 3.63) is 48.2 Å². The fourth-order valence-electron chi connectivity index (χ4n) is 1.89. The predicted octanol–water partition coefficient (Wildman–Crippen LogP) is 1.75. The van der Waals surface area contributed by atoms with E-state index < -0.39 is 10.0 Å². The second kappa shape index (κ2) is 6.11. The maximum atomic E-state index is 12.6. The molecule has 7 heteroatoms. The molecule has 1 aromatic heterocycles. The molecule has 0 saturated carbocycles. The zero-order valence-electron chi connectivity index (χ0n) is 11.9. The van der Waals surface area contributed by atoms with Gasteiger partial charge >= 0.3 is 0 Å². The molecule has 2 aromatic rings. The minimum Gasteiger partial charge on any atom is -0.308 e. The summed E-state index contributed by atoms with van der Waals surface area (Å²) < 4.78 is 26.4. The minimum absolute atomic E-state index is 0.132. The molecular weight excluding hydrogens is 288 g/mol. The summed E-state index contributed by atoms with van der Waals surface area (Å²) in [5.74, 6) is 5.56. The quantitative estimate of drug-likeness (QED) is 0.649. The van der Waals surface area contributed by atoms with Gasteiger partial charge in [0.05, 0.1) is 10.6 Å². The monoisotopic (exact) mass is 306 g/mol. The van der Waals surface area contributed by atoms with Crippen molar-refractivity contribution in [3.8, 4) is 0 Å². The first kappa shape index (κ1) is 15.3. The van der Waals surface area contributed by atoms with Crippen LogP contribution in [0.25, 0.3) is 0 Å². The Kier molecular flexibility index (Phi) is 4.44. The van der Waals surface area contributed by atoms with Crippen LogP contribution in [0.2, 0.25) is 0 Å². The second-order valence-electron chi connectivity index (χ2n) is 4.51. The summed E-state index contributed by atoms with van der Waals surface area (Å²) in [5, 5.41) is 0. The number of rotatable bonds is 5. The Morgan fingerprint density at radius 3 is 2.48 bits per heavy atom. The maximum Gasteiger partial charge on any atom is 0.264 e. The van der Waals surface area contributed by atoms with Crippen LogP contribution in [-0.4, -0.2) is 20.4 Å². The molecule has 1 heterocycles. The Balaban J connectivity index is 2.37. The zero-order chi connectivity index (χ0) is 15.5. The van der Waals surface area contributed by atoms with Crippen molar-refractivity contribution < 1.29 is 8.42 Å². The Morgan fingerprint density at radius 2 is 1.90 bits per heavy atom. The van der Waals surface area contributed by atoms with Gasteiger partial charge in [0.25, 0.3) is 10.0 Å². The average molecular weight is 306 g/mol. The number of pyridine rings is 1. The van der Waals surface area contributed by atoms with Crippen molar-refractivity contribution in [2.24, 2.45) is 5.84 Å². The summed E-state index contributed by atoms with van der Waals surface area (Å²) in [7, 11) is -2.13. The Bertz CT molecular complexity index is 714. The van der Waals surface area contributed by atoms with Gasteiger partial charge in [0.2, 0.25) is 0 Å². The molecule has 0 aliphatic heterocycles. The summed E-state index contributed by atoms with van der Waals surface area (Å²) in [4.78, 5) is 4.04. The van der Waals surface area contributed by atoms with E-state index in [1.54, 1.807) is 12.1 Å². The predicted molar refractivity (Wildman–Crippen MR) is 83.5 cm³/mol. The lowest BCUT2D eigenvalue weighted by Crippen LogP contribution is -2.26. The van der Waals surface area contributed by atoms with E-state index in [1.165, 1.54) is 29.7 Å². The molecule has 0 fully saturated rings. The maximum absolute atomic E-state index is 12.6. The van der Waals surface area contributed by atoms with E-state index in [2.05, 4.69) is 10.4 Å². The van der Waals surface area contributed by atoms with E-state index >= 15 is 0 Å². The smallest absolute Gasteiger partial charge is 0.264 e. The minimum atomic E-state index is -3.65. The third-order valence-electron chi connectivity index (χ3n) is 3.25. The normalized spacial score (nSPS) is 11.2. The number of nitrogen functional groups attached to an aromatic ring is 1. The number of hydrogen-bond donors (Lipinski definition) is 2. The highest BCUT2D eigenvalue weighted by atomic mass is 32.2. The summed E-state index contributed by atoms with van der Waals surface area (Å²) in [5.41, 5.74) is 4.10. The number of hydrazine groups is 1. The van der Waals surface area contributed by atoms with E-state index in [1.807, 2.05) is 19.1 Å². The SMILES string of the molecule is CCc1ccc(N(C)S(=O)(=O)c2ccnc(NN)c2)cc1. The lowest BCUT2D eigenvalue weighted by atomic mass is 10.1. The number of aryl methyl sites for hydroxylation is 1. The molecule has 0 aliphatic rings. The fourth-order valence-corrected chi connectivity index (χ4v) is 3.10. The van der Waals surface area contributed by atoms with Crippen molar-refractivity contribution in [2.75, 3.05) is 16.8 Å². The van der Waals surface area contributed by atoms with E-state index in [9.17, 15) is 8.42 Å². The van der Waals surface area contributed by atoms with Crippen LogP contribution in [0, 0.1) is 0 Å². The van der Waals surface area contributed by atoms with Crippen molar-refractivity contribution in [3.63, 3.8) is 0 Å². The molecule has 21 heavy (non-hydrogen) atoms. The number of nitrogens with one attached hydrogen (secondary N) is 1. The van der Waals surface area contributed by atoms with Crippen LogP contribution < -0.4 is 15.6 Å². The van der Waals surface area contributed by atoms with Crippen LogP contribution in [-0.2, 0) is 16.4 Å². The lowest BCUT2D eigenvalue weighted by molar-refractivity contribution is 0.594. The summed E-state index contributed by atoms with van der Waals surface area (Å²) in [6.07, 6.45) is 2.31. The van der Waals surface area contributed by atoms with Gasteiger partial charge in [-0.05, 0) is 30.2 Å². The average Bonchev–Trinajstić information content (AvgIpc) is 2.54. The van der Waals surface area contributed by atoms with Crippen molar-refractivity contribution in [1.29, 1.82) is 0 Å².